The first-order valence-electron chi connectivity index (χ1n) is 11.8. The van der Waals surface area contributed by atoms with E-state index in [1.807, 2.05) is 42.4 Å². The predicted molar refractivity (Wildman–Crippen MR) is 135 cm³/mol. The predicted octanol–water partition coefficient (Wildman–Crippen LogP) is 4.15. The van der Waals surface area contributed by atoms with Crippen molar-refractivity contribution in [2.75, 3.05) is 25.0 Å². The van der Waals surface area contributed by atoms with Crippen LogP contribution in [-0.4, -0.2) is 62.3 Å². The first kappa shape index (κ1) is 26.5. The number of ether oxygens (including phenoxy) is 1. The van der Waals surface area contributed by atoms with Gasteiger partial charge in [0.05, 0.1) is 24.0 Å². The highest BCUT2D eigenvalue weighted by molar-refractivity contribution is 6.27. The zero-order chi connectivity index (χ0) is 26.2. The number of benzene rings is 2. The molecule has 0 aliphatic carbocycles. The van der Waals surface area contributed by atoms with E-state index in [1.54, 1.807) is 0 Å². The summed E-state index contributed by atoms with van der Waals surface area (Å²) in [6, 6.07) is 11.9. The van der Waals surface area contributed by atoms with Crippen LogP contribution in [0.3, 0.4) is 0 Å². The lowest BCUT2D eigenvalue weighted by Crippen LogP contribution is -2.41. The first-order chi connectivity index (χ1) is 17.2. The van der Waals surface area contributed by atoms with Crippen LogP contribution in [0.1, 0.15) is 30.9 Å². The topological polar surface area (TPSA) is 134 Å². The lowest BCUT2D eigenvalue weighted by atomic mass is 9.97. The molecule has 10 nitrogen and oxygen atoms in total. The molecule has 2 amide bonds. The van der Waals surface area contributed by atoms with Gasteiger partial charge in [0.15, 0.2) is 0 Å². The number of aryl methyl sites for hydroxylation is 2. The molecule has 1 fully saturated rings. The number of urea groups is 1. The third-order valence-corrected chi connectivity index (χ3v) is 6.19. The summed E-state index contributed by atoms with van der Waals surface area (Å²) in [6.45, 7) is 9.37. The molecule has 10 heteroatoms. The molecule has 1 aromatic heterocycles. The number of fused-ring (bicyclic) bond motifs is 1. The number of carbonyl (C=O) groups is 3. The van der Waals surface area contributed by atoms with Crippen LogP contribution < -0.4 is 10.1 Å². The fraction of sp³-hybridized carbons (Fsp3) is 0.385. The molecule has 192 valence electrons. The Morgan fingerprint density at radius 3 is 2.22 bits per heavy atom. The fourth-order valence-electron chi connectivity index (χ4n) is 4.06. The first-order valence-corrected chi connectivity index (χ1v) is 11.8. The molecular weight excluding hydrogens is 464 g/mol. The summed E-state index contributed by atoms with van der Waals surface area (Å²) < 4.78 is 7.71. The maximum Gasteiger partial charge on any atom is 0.414 e. The monoisotopic (exact) mass is 496 g/mol. The minimum Gasteiger partial charge on any atom is -0.494 e. The van der Waals surface area contributed by atoms with E-state index in [0.717, 1.165) is 49.4 Å². The highest BCUT2D eigenvalue weighted by Crippen LogP contribution is 2.24. The van der Waals surface area contributed by atoms with Crippen molar-refractivity contribution >= 4 is 34.7 Å². The van der Waals surface area contributed by atoms with Gasteiger partial charge in [-0.3, -0.25) is 0 Å². The molecule has 1 aliphatic rings. The molecule has 0 saturated carbocycles. The van der Waals surface area contributed by atoms with Crippen LogP contribution in [0, 0.1) is 19.8 Å². The quantitative estimate of drug-likeness (QED) is 0.452. The number of likely N-dealkylation sites (tertiary alicyclic amines) is 1. The summed E-state index contributed by atoms with van der Waals surface area (Å²) in [5, 5.41) is 17.8. The number of carboxylic acids is 2. The Morgan fingerprint density at radius 2 is 1.64 bits per heavy atom. The summed E-state index contributed by atoms with van der Waals surface area (Å²) >= 11 is 0. The Bertz CT molecular complexity index is 1200. The maximum absolute atomic E-state index is 12.6. The normalized spacial score (nSPS) is 13.6. The summed E-state index contributed by atoms with van der Waals surface area (Å²) in [4.78, 5) is 37.3. The number of aromatic nitrogens is 2. The highest BCUT2D eigenvalue weighted by Gasteiger charge is 2.23. The number of rotatable bonds is 5. The van der Waals surface area contributed by atoms with Crippen molar-refractivity contribution in [3.8, 4) is 5.75 Å². The van der Waals surface area contributed by atoms with Gasteiger partial charge in [-0.05, 0) is 87.1 Å². The van der Waals surface area contributed by atoms with E-state index >= 15 is 0 Å². The number of carbonyl (C=O) groups excluding carboxylic acids is 1. The van der Waals surface area contributed by atoms with Crippen molar-refractivity contribution in [1.82, 2.24) is 14.5 Å². The third kappa shape index (κ3) is 6.97. The van der Waals surface area contributed by atoms with E-state index < -0.39 is 11.9 Å². The van der Waals surface area contributed by atoms with Gasteiger partial charge in [-0.25, -0.2) is 19.4 Å². The minimum atomic E-state index is -1.82. The van der Waals surface area contributed by atoms with Gasteiger partial charge in [-0.2, -0.15) is 0 Å². The molecule has 2 aromatic carbocycles. The number of amides is 2. The minimum absolute atomic E-state index is 0.0307. The van der Waals surface area contributed by atoms with E-state index in [9.17, 15) is 4.79 Å². The van der Waals surface area contributed by atoms with Gasteiger partial charge in [0.25, 0.3) is 0 Å². The number of carboxylic acid groups (broad SMARTS) is 2. The van der Waals surface area contributed by atoms with Gasteiger partial charge < -0.3 is 29.7 Å². The molecule has 2 heterocycles. The number of imidazole rings is 1. The fourth-order valence-corrected chi connectivity index (χ4v) is 4.06. The van der Waals surface area contributed by atoms with E-state index in [1.165, 1.54) is 16.6 Å². The van der Waals surface area contributed by atoms with E-state index in [4.69, 9.17) is 24.5 Å². The molecule has 1 saturated heterocycles. The largest absolute Gasteiger partial charge is 0.494 e. The van der Waals surface area contributed by atoms with Gasteiger partial charge >= 0.3 is 18.0 Å². The number of anilines is 1. The summed E-state index contributed by atoms with van der Waals surface area (Å²) in [5.74, 6) is -2.28. The molecule has 0 unspecified atom stereocenters. The van der Waals surface area contributed by atoms with Gasteiger partial charge in [-0.1, -0.05) is 0 Å². The van der Waals surface area contributed by atoms with Gasteiger partial charge in [0.1, 0.15) is 5.75 Å². The Balaban J connectivity index is 0.000000538. The van der Waals surface area contributed by atoms with Crippen LogP contribution in [-0.2, 0) is 16.1 Å². The average molecular weight is 497 g/mol. The molecule has 0 atom stereocenters. The second-order valence-electron chi connectivity index (χ2n) is 8.75. The second-order valence-corrected chi connectivity index (χ2v) is 8.75. The van der Waals surface area contributed by atoms with Gasteiger partial charge in [0.2, 0.25) is 0 Å². The zero-order valence-corrected chi connectivity index (χ0v) is 20.7. The number of nitrogens with zero attached hydrogens (tertiary/aromatic N) is 3. The van der Waals surface area contributed by atoms with Crippen LogP contribution in [0.5, 0.6) is 5.75 Å². The van der Waals surface area contributed by atoms with E-state index in [0.29, 0.717) is 12.5 Å². The van der Waals surface area contributed by atoms with Gasteiger partial charge in [0, 0.05) is 25.3 Å². The molecule has 1 aliphatic heterocycles. The molecule has 3 N–H and O–H groups in total. The van der Waals surface area contributed by atoms with Crippen molar-refractivity contribution < 1.29 is 29.3 Å². The van der Waals surface area contributed by atoms with E-state index in [2.05, 4.69) is 40.8 Å². The van der Waals surface area contributed by atoms with Crippen molar-refractivity contribution in [1.29, 1.82) is 0 Å². The molecule has 3 aromatic rings. The SMILES string of the molecule is CCOc1ccc(NC(=O)N2CCC(Cn3cnc4cc(C)c(C)cc43)CC2)cc1.O=C(O)C(=O)O. The highest BCUT2D eigenvalue weighted by atomic mass is 16.5. The summed E-state index contributed by atoms with van der Waals surface area (Å²) in [6.07, 6.45) is 3.96. The maximum atomic E-state index is 12.6. The molecule has 0 spiro atoms. The lowest BCUT2D eigenvalue weighted by molar-refractivity contribution is -0.159. The van der Waals surface area contributed by atoms with E-state index in [-0.39, 0.29) is 6.03 Å². The lowest BCUT2D eigenvalue weighted by Gasteiger charge is -2.32. The molecule has 36 heavy (non-hydrogen) atoms. The van der Waals surface area contributed by atoms with Crippen molar-refractivity contribution in [3.63, 3.8) is 0 Å². The number of piperidine rings is 1. The Hall–Kier alpha value is -4.08. The van der Waals surface area contributed by atoms with Crippen LogP contribution in [0.4, 0.5) is 10.5 Å². The zero-order valence-electron chi connectivity index (χ0n) is 20.7. The molecular formula is C26H32N4O6. The molecule has 0 bridgehead atoms. The van der Waals surface area contributed by atoms with Crippen LogP contribution >= 0.6 is 0 Å². The number of hydrogen-bond donors (Lipinski definition) is 3. The van der Waals surface area contributed by atoms with Crippen LogP contribution in [0.15, 0.2) is 42.7 Å². The standard InChI is InChI=1S/C24H30N4O2.C2H2O4/c1-4-30-21-7-5-20(6-8-21)26-24(29)27-11-9-19(10-12-27)15-28-16-25-22-13-17(2)18(3)14-23(22)28;3-1(4)2(5)6/h5-8,13-14,16,19H,4,9-12,15H2,1-3H3,(H,26,29);(H,3,4)(H,5,6). The molecule has 4 rings (SSSR count). The number of aliphatic carboxylic acids is 2. The smallest absolute Gasteiger partial charge is 0.414 e. The number of nitrogens with one attached hydrogen (secondary N) is 1. The van der Waals surface area contributed by atoms with Crippen molar-refractivity contribution in [3.05, 3.63) is 53.9 Å². The second kappa shape index (κ2) is 12.1. The van der Waals surface area contributed by atoms with Crippen LogP contribution in [0.2, 0.25) is 0 Å². The van der Waals surface area contributed by atoms with Crippen molar-refractivity contribution in [2.24, 2.45) is 5.92 Å². The molecule has 0 radical (unpaired) electrons. The third-order valence-electron chi connectivity index (χ3n) is 6.19. The Labute approximate surface area is 209 Å². The summed E-state index contributed by atoms with van der Waals surface area (Å²) in [5.41, 5.74) is 5.63. The number of hydrogen-bond acceptors (Lipinski definition) is 5. The van der Waals surface area contributed by atoms with Gasteiger partial charge in [-0.15, -0.1) is 0 Å². The Morgan fingerprint density at radius 1 is 1.03 bits per heavy atom. The average Bonchev–Trinajstić information content (AvgIpc) is 3.22. The Kier molecular flexibility index (Phi) is 8.88. The summed E-state index contributed by atoms with van der Waals surface area (Å²) in [7, 11) is 0. The van der Waals surface area contributed by atoms with Crippen molar-refractivity contribution in [2.45, 2.75) is 40.2 Å². The van der Waals surface area contributed by atoms with Crippen LogP contribution in [0.25, 0.3) is 11.0 Å².